The van der Waals surface area contributed by atoms with E-state index in [-0.39, 0.29) is 17.7 Å². The first-order valence-corrected chi connectivity index (χ1v) is 18.1. The third-order valence-electron chi connectivity index (χ3n) is 10.4. The Morgan fingerprint density at radius 3 is 0.889 bits per heavy atom. The first-order valence-electron chi connectivity index (χ1n) is 18.1. The van der Waals surface area contributed by atoms with E-state index in [0.29, 0.717) is 36.3 Å². The van der Waals surface area contributed by atoms with Crippen LogP contribution in [0.5, 0.6) is 0 Å². The molecular formula is C45H42N6O3. The molecule has 0 saturated heterocycles. The van der Waals surface area contributed by atoms with E-state index >= 15 is 0 Å². The third-order valence-corrected chi connectivity index (χ3v) is 10.4. The van der Waals surface area contributed by atoms with Crippen molar-refractivity contribution in [3.63, 3.8) is 0 Å². The molecule has 0 aliphatic heterocycles. The number of hydrogen-bond donors (Lipinski definition) is 0. The van der Waals surface area contributed by atoms with Crippen LogP contribution in [0, 0.1) is 17.8 Å². The van der Waals surface area contributed by atoms with Crippen LogP contribution in [0.1, 0.15) is 19.3 Å². The maximum Gasteiger partial charge on any atom is 0.229 e. The van der Waals surface area contributed by atoms with Crippen LogP contribution >= 0.6 is 0 Å². The van der Waals surface area contributed by atoms with Crippen molar-refractivity contribution >= 4 is 34.8 Å². The fourth-order valence-electron chi connectivity index (χ4n) is 7.22. The Labute approximate surface area is 316 Å². The van der Waals surface area contributed by atoms with E-state index in [1.54, 1.807) is 54.4 Å². The highest BCUT2D eigenvalue weighted by atomic mass is 16.2. The van der Waals surface area contributed by atoms with Crippen molar-refractivity contribution in [1.82, 2.24) is 15.0 Å². The van der Waals surface area contributed by atoms with Gasteiger partial charge >= 0.3 is 0 Å². The molecule has 3 aromatic heterocycles. The van der Waals surface area contributed by atoms with Gasteiger partial charge in [0.1, 0.15) is 0 Å². The number of hydrogen-bond acceptors (Lipinski definition) is 6. The van der Waals surface area contributed by atoms with E-state index < -0.39 is 17.8 Å². The topological polar surface area (TPSA) is 99.6 Å². The fourth-order valence-corrected chi connectivity index (χ4v) is 7.22. The Balaban J connectivity index is 1.12. The molecule has 9 heteroatoms. The molecular weight excluding hydrogens is 673 g/mol. The summed E-state index contributed by atoms with van der Waals surface area (Å²) in [6, 6.07) is 40.9. The van der Waals surface area contributed by atoms with Gasteiger partial charge in [0, 0.05) is 55.6 Å². The minimum atomic E-state index is -0.570. The Kier molecular flexibility index (Phi) is 10.7. The first-order chi connectivity index (χ1) is 26.3. The lowest BCUT2D eigenvalue weighted by molar-refractivity contribution is -0.131. The molecule has 3 amide bonds. The maximum absolute atomic E-state index is 14.2. The molecule has 1 fully saturated rings. The lowest BCUT2D eigenvalue weighted by Crippen LogP contribution is -2.46. The molecule has 0 spiro atoms. The summed E-state index contributed by atoms with van der Waals surface area (Å²) in [5.41, 5.74) is 7.27. The van der Waals surface area contributed by atoms with Crippen LogP contribution in [0.4, 0.5) is 17.1 Å². The van der Waals surface area contributed by atoms with Crippen molar-refractivity contribution in [2.75, 3.05) is 35.8 Å². The highest BCUT2D eigenvalue weighted by Gasteiger charge is 2.42. The largest absolute Gasteiger partial charge is 0.314 e. The number of anilines is 3. The van der Waals surface area contributed by atoms with E-state index in [2.05, 4.69) is 15.0 Å². The SMILES string of the molecule is CN(C(=O)C1CC(C(=O)N(C)c2ccc(-c3ccccc3)nc2)CC(C(=O)N(C)c2ccc(-c3ccccc3)nc2)C1)c1ccc(-c2ccccc2)nc1. The van der Waals surface area contributed by atoms with Crippen LogP contribution in [0.2, 0.25) is 0 Å². The molecule has 7 rings (SSSR count). The second kappa shape index (κ2) is 16.0. The molecule has 270 valence electrons. The molecule has 0 unspecified atom stereocenters. The van der Waals surface area contributed by atoms with Crippen LogP contribution in [-0.2, 0) is 14.4 Å². The fraction of sp³-hybridized carbons (Fsp3) is 0.200. The minimum Gasteiger partial charge on any atom is -0.314 e. The van der Waals surface area contributed by atoms with Gasteiger partial charge in [-0.05, 0) is 55.7 Å². The van der Waals surface area contributed by atoms with Crippen molar-refractivity contribution in [3.05, 3.63) is 146 Å². The minimum absolute atomic E-state index is 0.160. The zero-order valence-electron chi connectivity index (χ0n) is 30.6. The van der Waals surface area contributed by atoms with E-state index in [1.807, 2.05) is 127 Å². The predicted octanol–water partition coefficient (Wildman–Crippen LogP) is 8.19. The summed E-state index contributed by atoms with van der Waals surface area (Å²) >= 11 is 0. The molecule has 3 aromatic carbocycles. The number of amides is 3. The molecule has 1 saturated carbocycles. The van der Waals surface area contributed by atoms with Crippen molar-refractivity contribution in [1.29, 1.82) is 0 Å². The Bertz CT molecular complexity index is 1940. The van der Waals surface area contributed by atoms with E-state index in [0.717, 1.165) is 33.8 Å². The number of rotatable bonds is 9. The van der Waals surface area contributed by atoms with Gasteiger partial charge in [0.15, 0.2) is 0 Å². The smallest absolute Gasteiger partial charge is 0.229 e. The zero-order valence-corrected chi connectivity index (χ0v) is 30.6. The molecule has 54 heavy (non-hydrogen) atoms. The summed E-state index contributed by atoms with van der Waals surface area (Å²) in [5, 5.41) is 0. The van der Waals surface area contributed by atoms with Crippen molar-refractivity contribution in [2.45, 2.75) is 19.3 Å². The van der Waals surface area contributed by atoms with Crippen molar-refractivity contribution in [2.24, 2.45) is 17.8 Å². The summed E-state index contributed by atoms with van der Waals surface area (Å²) < 4.78 is 0. The van der Waals surface area contributed by atoms with Crippen LogP contribution in [0.3, 0.4) is 0 Å². The van der Waals surface area contributed by atoms with E-state index in [9.17, 15) is 14.4 Å². The summed E-state index contributed by atoms with van der Waals surface area (Å²) in [6.07, 6.45) is 6.02. The van der Waals surface area contributed by atoms with Gasteiger partial charge in [-0.2, -0.15) is 0 Å². The van der Waals surface area contributed by atoms with Gasteiger partial charge in [0.25, 0.3) is 0 Å². The summed E-state index contributed by atoms with van der Waals surface area (Å²) in [6.45, 7) is 0. The maximum atomic E-state index is 14.2. The Morgan fingerprint density at radius 1 is 0.407 bits per heavy atom. The van der Waals surface area contributed by atoms with Gasteiger partial charge < -0.3 is 14.7 Å². The molecule has 6 aromatic rings. The lowest BCUT2D eigenvalue weighted by Gasteiger charge is -2.37. The predicted molar refractivity (Wildman–Crippen MR) is 214 cm³/mol. The molecule has 0 atom stereocenters. The molecule has 1 aliphatic carbocycles. The molecule has 0 bridgehead atoms. The van der Waals surface area contributed by atoms with Gasteiger partial charge in [-0.1, -0.05) is 91.0 Å². The molecule has 0 radical (unpaired) electrons. The Hall–Kier alpha value is -6.48. The second-order valence-corrected chi connectivity index (χ2v) is 13.8. The highest BCUT2D eigenvalue weighted by Crippen LogP contribution is 2.38. The van der Waals surface area contributed by atoms with Gasteiger partial charge in [-0.25, -0.2) is 0 Å². The summed E-state index contributed by atoms with van der Waals surface area (Å²) in [5.74, 6) is -2.19. The molecule has 3 heterocycles. The number of benzene rings is 3. The number of nitrogens with zero attached hydrogens (tertiary/aromatic N) is 6. The Morgan fingerprint density at radius 2 is 0.667 bits per heavy atom. The average molecular weight is 715 g/mol. The summed E-state index contributed by atoms with van der Waals surface area (Å²) in [7, 11) is 5.17. The normalized spacial score (nSPS) is 16.6. The molecule has 9 nitrogen and oxygen atoms in total. The van der Waals surface area contributed by atoms with Crippen molar-refractivity contribution < 1.29 is 14.4 Å². The molecule has 0 N–H and O–H groups in total. The standard InChI is InChI=1S/C45H42N6O3/c1-49(37-19-22-40(46-28-37)31-13-7-4-8-14-31)43(52)34-25-35(44(53)50(2)38-20-23-41(47-29-38)32-15-9-5-10-16-32)27-36(26-34)45(54)51(3)39-21-24-42(48-30-39)33-17-11-6-12-18-33/h4-24,28-30,34-36H,25-27H2,1-3H3. The van der Waals surface area contributed by atoms with Gasteiger partial charge in [-0.15, -0.1) is 0 Å². The highest BCUT2D eigenvalue weighted by molar-refractivity contribution is 6.00. The quantitative estimate of drug-likeness (QED) is 0.150. The van der Waals surface area contributed by atoms with Gasteiger partial charge in [0.05, 0.1) is 52.7 Å². The van der Waals surface area contributed by atoms with Crippen molar-refractivity contribution in [3.8, 4) is 33.8 Å². The van der Waals surface area contributed by atoms with Gasteiger partial charge in [0.2, 0.25) is 17.7 Å². The second-order valence-electron chi connectivity index (χ2n) is 13.8. The average Bonchev–Trinajstić information content (AvgIpc) is 3.25. The number of aromatic nitrogens is 3. The first kappa shape index (κ1) is 35.9. The number of pyridine rings is 3. The van der Waals surface area contributed by atoms with E-state index in [4.69, 9.17) is 0 Å². The third kappa shape index (κ3) is 7.80. The monoisotopic (exact) mass is 714 g/mol. The molecule has 1 aliphatic rings. The van der Waals surface area contributed by atoms with Crippen LogP contribution in [-0.4, -0.2) is 53.8 Å². The summed E-state index contributed by atoms with van der Waals surface area (Å²) in [4.78, 5) is 61.4. The lowest BCUT2D eigenvalue weighted by atomic mass is 9.73. The zero-order chi connectivity index (χ0) is 37.6. The number of carbonyl (C=O) groups is 3. The number of carbonyl (C=O) groups excluding carboxylic acids is 3. The van der Waals surface area contributed by atoms with Crippen LogP contribution < -0.4 is 14.7 Å². The van der Waals surface area contributed by atoms with Crippen LogP contribution in [0.15, 0.2) is 146 Å². The van der Waals surface area contributed by atoms with E-state index in [1.165, 1.54) is 0 Å². The van der Waals surface area contributed by atoms with Crippen LogP contribution in [0.25, 0.3) is 33.8 Å². The van der Waals surface area contributed by atoms with Gasteiger partial charge in [-0.3, -0.25) is 29.3 Å².